The van der Waals surface area contributed by atoms with Gasteiger partial charge in [0.2, 0.25) is 5.95 Å². The monoisotopic (exact) mass is 441 g/mol. The van der Waals surface area contributed by atoms with Crippen LogP contribution in [0.4, 0.5) is 25.5 Å². The molecule has 0 saturated carbocycles. The maximum Gasteiger partial charge on any atom is 0.229 e. The van der Waals surface area contributed by atoms with Crippen LogP contribution >= 0.6 is 11.5 Å². The third kappa shape index (κ3) is 4.62. The Hall–Kier alpha value is -3.16. The lowest BCUT2D eigenvalue weighted by Gasteiger charge is -2.50. The van der Waals surface area contributed by atoms with E-state index in [4.69, 9.17) is 0 Å². The minimum absolute atomic E-state index is 0.210. The molecular weight excluding hydrogens is 420 g/mol. The molecule has 1 aromatic carbocycles. The zero-order valence-corrected chi connectivity index (χ0v) is 17.9. The Morgan fingerprint density at radius 2 is 2.06 bits per heavy atom. The van der Waals surface area contributed by atoms with Gasteiger partial charge in [0.05, 0.1) is 23.7 Å². The summed E-state index contributed by atoms with van der Waals surface area (Å²) in [7, 11) is 0. The van der Waals surface area contributed by atoms with E-state index in [2.05, 4.69) is 35.9 Å². The maximum atomic E-state index is 14.0. The Bertz CT molecular complexity index is 1130. The lowest BCUT2D eigenvalue weighted by atomic mass is 9.86. The lowest BCUT2D eigenvalue weighted by Crippen LogP contribution is -2.69. The fourth-order valence-electron chi connectivity index (χ4n) is 3.57. The van der Waals surface area contributed by atoms with Crippen molar-refractivity contribution >= 4 is 28.3 Å². The van der Waals surface area contributed by atoms with Crippen LogP contribution in [0, 0.1) is 36.8 Å². The van der Waals surface area contributed by atoms with Crippen molar-refractivity contribution in [3.63, 3.8) is 0 Å². The van der Waals surface area contributed by atoms with Crippen LogP contribution in [0.15, 0.2) is 30.5 Å². The minimum atomic E-state index is -0.611. The van der Waals surface area contributed by atoms with Crippen LogP contribution in [0.25, 0.3) is 0 Å². The summed E-state index contributed by atoms with van der Waals surface area (Å²) in [4.78, 5) is 11.0. The van der Waals surface area contributed by atoms with E-state index in [-0.39, 0.29) is 13.0 Å². The van der Waals surface area contributed by atoms with Gasteiger partial charge in [0.15, 0.2) is 0 Å². The molecule has 1 aliphatic rings. The Morgan fingerprint density at radius 3 is 2.74 bits per heavy atom. The van der Waals surface area contributed by atoms with E-state index >= 15 is 0 Å². The van der Waals surface area contributed by atoms with Crippen molar-refractivity contribution < 1.29 is 8.78 Å². The zero-order valence-electron chi connectivity index (χ0n) is 17.1. The molecule has 1 saturated heterocycles. The van der Waals surface area contributed by atoms with Gasteiger partial charge in [-0.05, 0) is 37.5 Å². The van der Waals surface area contributed by atoms with Crippen molar-refractivity contribution in [3.8, 4) is 6.07 Å². The smallest absolute Gasteiger partial charge is 0.229 e. The number of anilines is 3. The molecule has 0 radical (unpaired) electrons. The van der Waals surface area contributed by atoms with E-state index in [0.717, 1.165) is 28.1 Å². The van der Waals surface area contributed by atoms with E-state index in [1.807, 2.05) is 19.9 Å². The van der Waals surface area contributed by atoms with Gasteiger partial charge in [-0.2, -0.15) is 14.6 Å². The summed E-state index contributed by atoms with van der Waals surface area (Å²) in [6.45, 7) is 5.15. The van der Waals surface area contributed by atoms with Crippen molar-refractivity contribution in [2.75, 3.05) is 23.3 Å². The molecule has 3 aromatic rings. The van der Waals surface area contributed by atoms with Crippen LogP contribution in [-0.4, -0.2) is 33.0 Å². The van der Waals surface area contributed by atoms with Crippen LogP contribution < -0.4 is 15.5 Å². The third-order valence-corrected chi connectivity index (χ3v) is 5.98. The fraction of sp³-hybridized carbons (Fsp3) is 0.333. The van der Waals surface area contributed by atoms with Gasteiger partial charge in [0.25, 0.3) is 0 Å². The first-order valence-corrected chi connectivity index (χ1v) is 10.5. The second-order valence-electron chi connectivity index (χ2n) is 7.72. The molecule has 0 atom stereocenters. The second kappa shape index (κ2) is 8.53. The Labute approximate surface area is 182 Å². The first-order valence-electron chi connectivity index (χ1n) is 9.72. The number of rotatable bonds is 7. The van der Waals surface area contributed by atoms with Crippen molar-refractivity contribution in [2.24, 2.45) is 0 Å². The van der Waals surface area contributed by atoms with Crippen LogP contribution in [-0.2, 0) is 6.54 Å². The average molecular weight is 442 g/mol. The first-order chi connectivity index (χ1) is 14.9. The summed E-state index contributed by atoms with van der Waals surface area (Å²) in [6.07, 6.45) is 2.02. The molecule has 0 aliphatic carbocycles. The number of aromatic nitrogens is 3. The SMILES string of the molecule is Cc1cc(Nc2ncc(C)c(N3CC(CC#N)(NCc4ccc(F)cc4F)C3)n2)sn1. The minimum Gasteiger partial charge on any atom is -0.352 e. The molecule has 10 heteroatoms. The summed E-state index contributed by atoms with van der Waals surface area (Å²) in [5, 5.41) is 16.6. The first kappa shape index (κ1) is 21.1. The van der Waals surface area contributed by atoms with Gasteiger partial charge < -0.3 is 15.5 Å². The number of nitriles is 1. The van der Waals surface area contributed by atoms with E-state index in [1.165, 1.54) is 23.7 Å². The summed E-state index contributed by atoms with van der Waals surface area (Å²) in [6, 6.07) is 7.65. The van der Waals surface area contributed by atoms with Crippen molar-refractivity contribution in [1.29, 1.82) is 5.26 Å². The van der Waals surface area contributed by atoms with Gasteiger partial charge in [-0.25, -0.2) is 13.8 Å². The summed E-state index contributed by atoms with van der Waals surface area (Å²) in [5.41, 5.74) is 1.71. The fourth-order valence-corrected chi connectivity index (χ4v) is 4.22. The third-order valence-electron chi connectivity index (χ3n) is 5.18. The van der Waals surface area contributed by atoms with E-state index in [1.54, 1.807) is 6.20 Å². The Kier molecular flexibility index (Phi) is 5.80. The molecule has 160 valence electrons. The molecule has 2 aromatic heterocycles. The number of aryl methyl sites for hydroxylation is 2. The molecule has 3 heterocycles. The Balaban J connectivity index is 1.45. The predicted octanol–water partition coefficient (Wildman–Crippen LogP) is 3.83. The van der Waals surface area contributed by atoms with Crippen LogP contribution in [0.1, 0.15) is 23.2 Å². The van der Waals surface area contributed by atoms with Gasteiger partial charge in [-0.15, -0.1) is 0 Å². The van der Waals surface area contributed by atoms with Gasteiger partial charge in [0.1, 0.15) is 22.5 Å². The number of benzene rings is 1. The highest BCUT2D eigenvalue weighted by Crippen LogP contribution is 2.32. The topological polar surface area (TPSA) is 89.8 Å². The molecule has 31 heavy (non-hydrogen) atoms. The molecule has 1 aliphatic heterocycles. The number of nitrogens with zero attached hydrogens (tertiary/aromatic N) is 5. The number of hydrogen-bond donors (Lipinski definition) is 2. The van der Waals surface area contributed by atoms with Gasteiger partial charge in [-0.3, -0.25) is 0 Å². The van der Waals surface area contributed by atoms with Crippen molar-refractivity contribution in [2.45, 2.75) is 32.4 Å². The van der Waals surface area contributed by atoms with E-state index < -0.39 is 17.2 Å². The standard InChI is InChI=1S/C21H21F2N7S/c1-13-9-25-20(27-18-7-14(2)29-31-18)28-19(13)30-11-21(12-30,5-6-24)26-10-15-3-4-16(22)8-17(15)23/h3-4,7-9,26H,5,10-12H2,1-2H3,(H,25,27,28). The van der Waals surface area contributed by atoms with Gasteiger partial charge in [0, 0.05) is 43.0 Å². The molecule has 0 bridgehead atoms. The van der Waals surface area contributed by atoms with Gasteiger partial charge in [-0.1, -0.05) is 6.07 Å². The average Bonchev–Trinajstić information content (AvgIpc) is 3.11. The molecule has 0 spiro atoms. The second-order valence-corrected chi connectivity index (χ2v) is 8.52. The van der Waals surface area contributed by atoms with Crippen molar-refractivity contribution in [1.82, 2.24) is 19.7 Å². The highest BCUT2D eigenvalue weighted by molar-refractivity contribution is 7.10. The molecule has 7 nitrogen and oxygen atoms in total. The van der Waals surface area contributed by atoms with Gasteiger partial charge >= 0.3 is 0 Å². The number of hydrogen-bond acceptors (Lipinski definition) is 8. The molecule has 0 unspecified atom stereocenters. The molecule has 4 rings (SSSR count). The predicted molar refractivity (Wildman–Crippen MR) is 115 cm³/mol. The molecule has 2 N–H and O–H groups in total. The van der Waals surface area contributed by atoms with Crippen LogP contribution in [0.3, 0.4) is 0 Å². The molecule has 1 fully saturated rings. The molecule has 0 amide bonds. The summed E-state index contributed by atoms with van der Waals surface area (Å²) >= 11 is 1.34. The largest absolute Gasteiger partial charge is 0.352 e. The highest BCUT2D eigenvalue weighted by atomic mass is 32.1. The highest BCUT2D eigenvalue weighted by Gasteiger charge is 2.43. The Morgan fingerprint density at radius 1 is 1.26 bits per heavy atom. The van der Waals surface area contributed by atoms with E-state index in [0.29, 0.717) is 24.6 Å². The van der Waals surface area contributed by atoms with E-state index in [9.17, 15) is 14.0 Å². The summed E-state index contributed by atoms with van der Waals surface area (Å²) < 4.78 is 31.3. The normalized spacial score (nSPS) is 14.7. The molecular formula is C21H21F2N7S. The quantitative estimate of drug-likeness (QED) is 0.576. The van der Waals surface area contributed by atoms with Crippen molar-refractivity contribution in [3.05, 3.63) is 58.9 Å². The number of halogens is 2. The zero-order chi connectivity index (χ0) is 22.0. The summed E-state index contributed by atoms with van der Waals surface area (Å²) in [5.74, 6) is 0.0434. The lowest BCUT2D eigenvalue weighted by molar-refractivity contribution is 0.255. The van der Waals surface area contributed by atoms with Crippen LogP contribution in [0.5, 0.6) is 0 Å². The van der Waals surface area contributed by atoms with Crippen LogP contribution in [0.2, 0.25) is 0 Å². The maximum absolute atomic E-state index is 14.0. The number of nitrogens with one attached hydrogen (secondary N) is 2.